The predicted octanol–water partition coefficient (Wildman–Crippen LogP) is 4.32. The molecule has 0 saturated carbocycles. The van der Waals surface area contributed by atoms with Crippen LogP contribution in [0.3, 0.4) is 0 Å². The van der Waals surface area contributed by atoms with E-state index in [1.807, 2.05) is 27.0 Å². The largest absolute Gasteiger partial charge is 0.416 e. The predicted molar refractivity (Wildman–Crippen MR) is 108 cm³/mol. The van der Waals surface area contributed by atoms with Crippen molar-refractivity contribution in [3.8, 4) is 0 Å². The third-order valence-corrected chi connectivity index (χ3v) is 5.35. The second-order valence-corrected chi connectivity index (χ2v) is 7.75. The number of hydrogen-bond acceptors (Lipinski definition) is 3. The first-order valence-electron chi connectivity index (χ1n) is 9.62. The number of likely N-dealkylation sites (N-methyl/N-ethyl adjacent to an activating group) is 1. The van der Waals surface area contributed by atoms with Gasteiger partial charge >= 0.3 is 6.18 Å². The molecule has 1 aliphatic heterocycles. The summed E-state index contributed by atoms with van der Waals surface area (Å²) in [6.07, 6.45) is -4.47. The van der Waals surface area contributed by atoms with Gasteiger partial charge in [-0.3, -0.25) is 9.69 Å². The molecule has 0 unspecified atom stereocenters. The molecule has 1 saturated heterocycles. The molecule has 7 heteroatoms. The third-order valence-electron chi connectivity index (χ3n) is 5.35. The van der Waals surface area contributed by atoms with Gasteiger partial charge in [-0.1, -0.05) is 6.07 Å². The quantitative estimate of drug-likeness (QED) is 0.823. The lowest BCUT2D eigenvalue weighted by Crippen LogP contribution is -2.43. The average molecular weight is 405 g/mol. The molecule has 1 heterocycles. The van der Waals surface area contributed by atoms with E-state index in [2.05, 4.69) is 15.1 Å². The first kappa shape index (κ1) is 21.3. The number of piperazine rings is 1. The molecule has 2 aromatic rings. The fraction of sp³-hybridized carbons (Fsp3) is 0.409. The number of amides is 1. The lowest BCUT2D eigenvalue weighted by Gasteiger charge is -2.32. The van der Waals surface area contributed by atoms with E-state index in [-0.39, 0.29) is 5.69 Å². The normalized spacial score (nSPS) is 16.1. The second-order valence-electron chi connectivity index (χ2n) is 7.75. The lowest BCUT2D eigenvalue weighted by molar-refractivity contribution is -0.137. The first-order valence-corrected chi connectivity index (χ1v) is 9.62. The Morgan fingerprint density at radius 1 is 1.00 bits per heavy atom. The average Bonchev–Trinajstić information content (AvgIpc) is 2.65. The first-order chi connectivity index (χ1) is 13.6. The minimum absolute atomic E-state index is 0.159. The van der Waals surface area contributed by atoms with Crippen molar-refractivity contribution in [1.29, 1.82) is 0 Å². The fourth-order valence-corrected chi connectivity index (χ4v) is 3.37. The van der Waals surface area contributed by atoms with Crippen LogP contribution in [0.2, 0.25) is 0 Å². The molecular weight excluding hydrogens is 379 g/mol. The van der Waals surface area contributed by atoms with E-state index >= 15 is 0 Å². The molecule has 1 aliphatic rings. The number of nitrogens with zero attached hydrogens (tertiary/aromatic N) is 2. The molecule has 1 N–H and O–H groups in total. The van der Waals surface area contributed by atoms with Crippen LogP contribution in [0.15, 0.2) is 36.4 Å². The second kappa shape index (κ2) is 8.55. The number of carbonyl (C=O) groups is 1. The summed E-state index contributed by atoms with van der Waals surface area (Å²) in [7, 11) is 2.03. The SMILES string of the molecule is Cc1ccc(C(=O)Nc2cc(CN3CCN(C)CC3)cc(C(F)(F)F)c2)cc1C. The van der Waals surface area contributed by atoms with Gasteiger partial charge in [-0.2, -0.15) is 13.2 Å². The van der Waals surface area contributed by atoms with E-state index in [9.17, 15) is 18.0 Å². The fourth-order valence-electron chi connectivity index (χ4n) is 3.37. The summed E-state index contributed by atoms with van der Waals surface area (Å²) in [5, 5.41) is 2.64. The van der Waals surface area contributed by atoms with Gasteiger partial charge in [-0.05, 0) is 67.9 Å². The molecule has 1 amide bonds. The highest BCUT2D eigenvalue weighted by Gasteiger charge is 2.31. The molecule has 29 heavy (non-hydrogen) atoms. The van der Waals surface area contributed by atoms with Crippen molar-refractivity contribution in [3.63, 3.8) is 0 Å². The van der Waals surface area contributed by atoms with Gasteiger partial charge in [0.25, 0.3) is 5.91 Å². The Bertz CT molecular complexity index is 887. The van der Waals surface area contributed by atoms with Crippen LogP contribution < -0.4 is 5.32 Å². The van der Waals surface area contributed by atoms with E-state index in [0.717, 1.165) is 43.4 Å². The molecule has 0 aliphatic carbocycles. The van der Waals surface area contributed by atoms with Gasteiger partial charge in [0.05, 0.1) is 5.56 Å². The van der Waals surface area contributed by atoms with Crippen molar-refractivity contribution >= 4 is 11.6 Å². The molecule has 0 atom stereocenters. The summed E-state index contributed by atoms with van der Waals surface area (Å²) >= 11 is 0. The molecule has 0 aromatic heterocycles. The number of aryl methyl sites for hydroxylation is 2. The zero-order chi connectivity index (χ0) is 21.2. The number of rotatable bonds is 4. The number of nitrogens with one attached hydrogen (secondary N) is 1. The highest BCUT2D eigenvalue weighted by molar-refractivity contribution is 6.04. The molecule has 0 spiro atoms. The Labute approximate surface area is 169 Å². The van der Waals surface area contributed by atoms with E-state index in [1.54, 1.807) is 18.2 Å². The maximum Gasteiger partial charge on any atom is 0.416 e. The van der Waals surface area contributed by atoms with Gasteiger partial charge in [-0.15, -0.1) is 0 Å². The molecule has 156 valence electrons. The van der Waals surface area contributed by atoms with Gasteiger partial charge < -0.3 is 10.2 Å². The van der Waals surface area contributed by atoms with Crippen molar-refractivity contribution in [3.05, 3.63) is 64.2 Å². The summed E-state index contributed by atoms with van der Waals surface area (Å²) in [4.78, 5) is 16.9. The highest BCUT2D eigenvalue weighted by Crippen LogP contribution is 2.32. The van der Waals surface area contributed by atoms with Crippen molar-refractivity contribution in [2.24, 2.45) is 0 Å². The van der Waals surface area contributed by atoms with Crippen molar-refractivity contribution in [2.75, 3.05) is 38.5 Å². The number of alkyl halides is 3. The van der Waals surface area contributed by atoms with E-state index < -0.39 is 17.6 Å². The van der Waals surface area contributed by atoms with Crippen LogP contribution in [0.5, 0.6) is 0 Å². The summed E-state index contributed by atoms with van der Waals surface area (Å²) in [6.45, 7) is 7.63. The maximum atomic E-state index is 13.4. The Hall–Kier alpha value is -2.38. The zero-order valence-corrected chi connectivity index (χ0v) is 16.9. The van der Waals surface area contributed by atoms with Gasteiger partial charge in [0, 0.05) is 44.0 Å². The van der Waals surface area contributed by atoms with E-state index in [4.69, 9.17) is 0 Å². The summed E-state index contributed by atoms with van der Waals surface area (Å²) in [5.74, 6) is -0.419. The monoisotopic (exact) mass is 405 g/mol. The summed E-state index contributed by atoms with van der Waals surface area (Å²) in [6, 6.07) is 9.04. The molecule has 0 bridgehead atoms. The number of carbonyl (C=O) groups excluding carboxylic acids is 1. The van der Waals surface area contributed by atoms with Crippen molar-refractivity contribution in [1.82, 2.24) is 9.80 Å². The van der Waals surface area contributed by atoms with Crippen LogP contribution in [0.1, 0.15) is 32.6 Å². The van der Waals surface area contributed by atoms with Gasteiger partial charge in [0.2, 0.25) is 0 Å². The number of benzene rings is 2. The van der Waals surface area contributed by atoms with Crippen LogP contribution in [0.4, 0.5) is 18.9 Å². The van der Waals surface area contributed by atoms with Crippen LogP contribution in [-0.2, 0) is 12.7 Å². The highest BCUT2D eigenvalue weighted by atomic mass is 19.4. The minimum atomic E-state index is -4.47. The van der Waals surface area contributed by atoms with Gasteiger partial charge in [-0.25, -0.2) is 0 Å². The van der Waals surface area contributed by atoms with Crippen LogP contribution in [0.25, 0.3) is 0 Å². The Kier molecular flexibility index (Phi) is 6.29. The zero-order valence-electron chi connectivity index (χ0n) is 16.9. The maximum absolute atomic E-state index is 13.4. The lowest BCUT2D eigenvalue weighted by atomic mass is 10.0. The van der Waals surface area contributed by atoms with Gasteiger partial charge in [0.1, 0.15) is 0 Å². The molecule has 3 rings (SSSR count). The Balaban J connectivity index is 1.83. The summed E-state index contributed by atoms with van der Waals surface area (Å²) in [5.41, 5.74) is 2.38. The van der Waals surface area contributed by atoms with Gasteiger partial charge in [0.15, 0.2) is 0 Å². The van der Waals surface area contributed by atoms with E-state index in [0.29, 0.717) is 17.7 Å². The number of halogens is 3. The smallest absolute Gasteiger partial charge is 0.322 e. The standard InChI is InChI=1S/C22H26F3N3O/c1-15-4-5-18(10-16(15)2)21(29)26-20-12-17(11-19(13-20)22(23,24)25)14-28-8-6-27(3)7-9-28/h4-5,10-13H,6-9,14H2,1-3H3,(H,26,29). The van der Waals surface area contributed by atoms with Crippen LogP contribution in [0, 0.1) is 13.8 Å². The third kappa shape index (κ3) is 5.58. The van der Waals surface area contributed by atoms with Crippen molar-refractivity contribution in [2.45, 2.75) is 26.6 Å². The van der Waals surface area contributed by atoms with Crippen LogP contribution >= 0.6 is 0 Å². The Morgan fingerprint density at radius 2 is 1.69 bits per heavy atom. The van der Waals surface area contributed by atoms with Crippen molar-refractivity contribution < 1.29 is 18.0 Å². The molecule has 1 fully saturated rings. The molecule has 0 radical (unpaired) electrons. The topological polar surface area (TPSA) is 35.6 Å². The molecule has 2 aromatic carbocycles. The number of anilines is 1. The molecular formula is C22H26F3N3O. The minimum Gasteiger partial charge on any atom is -0.322 e. The summed E-state index contributed by atoms with van der Waals surface area (Å²) < 4.78 is 40.2. The Morgan fingerprint density at radius 3 is 2.31 bits per heavy atom. The molecule has 4 nitrogen and oxygen atoms in total. The van der Waals surface area contributed by atoms with Crippen LogP contribution in [-0.4, -0.2) is 48.9 Å². The van der Waals surface area contributed by atoms with E-state index in [1.165, 1.54) is 6.07 Å². The number of hydrogen-bond donors (Lipinski definition) is 1.